The minimum atomic E-state index is -3.63. The van der Waals surface area contributed by atoms with Crippen molar-refractivity contribution in [3.8, 4) is 11.1 Å². The highest BCUT2D eigenvalue weighted by atomic mass is 32.2. The molecule has 260 valence electrons. The average Bonchev–Trinajstić information content (AvgIpc) is 3.42. The number of carbonyl (C=O) groups excluding carboxylic acids is 2. The summed E-state index contributed by atoms with van der Waals surface area (Å²) in [6, 6.07) is 16.3. The van der Waals surface area contributed by atoms with Crippen LogP contribution in [0, 0.1) is 18.8 Å². The predicted octanol–water partition coefficient (Wildman–Crippen LogP) is 4.26. The van der Waals surface area contributed by atoms with Crippen molar-refractivity contribution >= 4 is 44.5 Å². The molecule has 1 heterocycles. The third-order valence-electron chi connectivity index (χ3n) is 8.84. The minimum Gasteiger partial charge on any atom is -0.465 e. The Labute approximate surface area is 284 Å². The van der Waals surface area contributed by atoms with Gasteiger partial charge in [-0.1, -0.05) is 30.3 Å². The van der Waals surface area contributed by atoms with Crippen LogP contribution in [0.1, 0.15) is 50.7 Å². The van der Waals surface area contributed by atoms with Gasteiger partial charge in [0.1, 0.15) is 6.04 Å². The molecule has 1 atom stereocenters. The van der Waals surface area contributed by atoms with Gasteiger partial charge in [0, 0.05) is 30.6 Å². The number of benzene rings is 3. The molecule has 13 nitrogen and oxygen atoms in total. The Morgan fingerprint density at radius 2 is 1.65 bits per heavy atom. The largest absolute Gasteiger partial charge is 0.465 e. The highest BCUT2D eigenvalue weighted by Crippen LogP contribution is 2.29. The highest BCUT2D eigenvalue weighted by Gasteiger charge is 2.30. The molecule has 0 unspecified atom stereocenters. The van der Waals surface area contributed by atoms with E-state index in [9.17, 15) is 27.6 Å². The zero-order valence-electron chi connectivity index (χ0n) is 27.6. The summed E-state index contributed by atoms with van der Waals surface area (Å²) in [5.41, 5.74) is 4.05. The van der Waals surface area contributed by atoms with E-state index in [2.05, 4.69) is 30.9 Å². The number of hydrogen-bond donors (Lipinski definition) is 7. The average molecular weight is 691 g/mol. The van der Waals surface area contributed by atoms with E-state index in [1.165, 1.54) is 0 Å². The maximum Gasteiger partial charge on any atom is 0.404 e. The van der Waals surface area contributed by atoms with Crippen molar-refractivity contribution in [3.63, 3.8) is 0 Å². The number of H-pyrrole nitrogens is 2. The molecule has 0 spiro atoms. The van der Waals surface area contributed by atoms with E-state index >= 15 is 0 Å². The number of aryl methyl sites for hydroxylation is 1. The quantitative estimate of drug-likeness (QED) is 0.115. The van der Waals surface area contributed by atoms with Crippen LogP contribution in [0.3, 0.4) is 0 Å². The van der Waals surface area contributed by atoms with Gasteiger partial charge in [-0.15, -0.1) is 0 Å². The molecule has 1 aliphatic carbocycles. The van der Waals surface area contributed by atoms with Gasteiger partial charge in [-0.2, -0.15) is 0 Å². The fourth-order valence-electron chi connectivity index (χ4n) is 6.27. The van der Waals surface area contributed by atoms with E-state index in [0.717, 1.165) is 22.3 Å². The second kappa shape index (κ2) is 15.1. The molecule has 0 aliphatic heterocycles. The summed E-state index contributed by atoms with van der Waals surface area (Å²) < 4.78 is 27.9. The van der Waals surface area contributed by atoms with Crippen molar-refractivity contribution < 1.29 is 27.9 Å². The molecule has 0 saturated heterocycles. The summed E-state index contributed by atoms with van der Waals surface area (Å²) in [4.78, 5) is 50.1. The molecular weight excluding hydrogens is 648 g/mol. The Morgan fingerprint density at radius 3 is 2.31 bits per heavy atom. The zero-order chi connectivity index (χ0) is 35.3. The Balaban J connectivity index is 1.31. The van der Waals surface area contributed by atoms with E-state index in [0.29, 0.717) is 48.8 Å². The van der Waals surface area contributed by atoms with Crippen LogP contribution in [0.4, 0.5) is 10.5 Å². The molecule has 4 aromatic rings. The van der Waals surface area contributed by atoms with Crippen molar-refractivity contribution in [2.24, 2.45) is 11.8 Å². The molecule has 5 rings (SSSR count). The topological polar surface area (TPSA) is 202 Å². The van der Waals surface area contributed by atoms with Gasteiger partial charge in [0.2, 0.25) is 21.8 Å². The van der Waals surface area contributed by atoms with E-state index in [1.54, 1.807) is 50.2 Å². The number of carboxylic acid groups (broad SMARTS) is 1. The van der Waals surface area contributed by atoms with E-state index in [4.69, 9.17) is 5.11 Å². The molecule has 49 heavy (non-hydrogen) atoms. The first-order valence-corrected chi connectivity index (χ1v) is 17.8. The summed E-state index contributed by atoms with van der Waals surface area (Å²) in [5, 5.41) is 22.9. The zero-order valence-corrected chi connectivity index (χ0v) is 28.4. The molecule has 0 radical (unpaired) electrons. The standard InChI is InChI=1S/C35H42N6O7S/c1-20(2)41-49(47,48)27-13-15-28(21(3)16-27)24-8-4-22(5-9-24)17-31(34(44)37-26-12-14-29-30(18-26)39-40-33(29)43)38-32(42)25-10-6-23(7-11-25)19-36-35(45)46/h4-5,8-9,12-16,18,20,23,25,31,36,41H,6-7,10-11,17,19H2,1-3H3,(H,37,44)(H,38,42)(H,45,46)(H2,39,40,43)/t23-,25-,31-/m0/s1. The third-order valence-corrected chi connectivity index (χ3v) is 10.5. The normalized spacial score (nSPS) is 17.1. The molecule has 3 aromatic carbocycles. The number of rotatable bonds is 12. The predicted molar refractivity (Wildman–Crippen MR) is 187 cm³/mol. The van der Waals surface area contributed by atoms with Crippen molar-refractivity contribution in [3.05, 3.63) is 82.1 Å². The van der Waals surface area contributed by atoms with Gasteiger partial charge in [0.05, 0.1) is 15.8 Å². The van der Waals surface area contributed by atoms with Crippen LogP contribution in [0.2, 0.25) is 0 Å². The molecule has 1 aromatic heterocycles. The van der Waals surface area contributed by atoms with Gasteiger partial charge in [0.25, 0.3) is 5.56 Å². The second-order valence-electron chi connectivity index (χ2n) is 12.9. The Bertz CT molecular complexity index is 1990. The minimum absolute atomic E-state index is 0.161. The second-order valence-corrected chi connectivity index (χ2v) is 14.7. The van der Waals surface area contributed by atoms with Crippen LogP contribution < -0.4 is 26.2 Å². The maximum atomic E-state index is 13.7. The molecule has 1 fully saturated rings. The van der Waals surface area contributed by atoms with Gasteiger partial charge in [-0.05, 0) is 105 Å². The van der Waals surface area contributed by atoms with E-state index in [1.807, 2.05) is 31.2 Å². The van der Waals surface area contributed by atoms with E-state index < -0.39 is 28.1 Å². The van der Waals surface area contributed by atoms with Crippen molar-refractivity contribution in [2.75, 3.05) is 11.9 Å². The van der Waals surface area contributed by atoms with Crippen LogP contribution in [0.25, 0.3) is 22.0 Å². The Hall–Kier alpha value is -4.95. The van der Waals surface area contributed by atoms with Crippen molar-refractivity contribution in [2.45, 2.75) is 69.9 Å². The molecule has 1 aliphatic rings. The summed E-state index contributed by atoms with van der Waals surface area (Å²) in [6.07, 6.45) is 1.71. The van der Waals surface area contributed by atoms with Gasteiger partial charge < -0.3 is 21.1 Å². The molecule has 14 heteroatoms. The van der Waals surface area contributed by atoms with Crippen LogP contribution in [0.15, 0.2) is 70.4 Å². The van der Waals surface area contributed by atoms with Crippen LogP contribution >= 0.6 is 0 Å². The number of anilines is 1. The summed E-state index contributed by atoms with van der Waals surface area (Å²) in [7, 11) is -3.63. The number of amides is 3. The van der Waals surface area contributed by atoms with Gasteiger partial charge in [-0.3, -0.25) is 24.6 Å². The molecule has 3 amide bonds. The van der Waals surface area contributed by atoms with Crippen LogP contribution in [0.5, 0.6) is 0 Å². The van der Waals surface area contributed by atoms with Gasteiger partial charge in [-0.25, -0.2) is 17.9 Å². The molecule has 0 bridgehead atoms. The van der Waals surface area contributed by atoms with Crippen molar-refractivity contribution in [1.29, 1.82) is 0 Å². The van der Waals surface area contributed by atoms with Crippen LogP contribution in [-0.2, 0) is 26.0 Å². The maximum absolute atomic E-state index is 13.7. The SMILES string of the molecule is Cc1cc(S(=O)(=O)NC(C)C)ccc1-c1ccc(C[C@H](NC(=O)[C@H]2CC[C@H](CNC(=O)O)CC2)C(=O)Nc2ccc3c(=O)[nH][nH]c3c2)cc1. The van der Waals surface area contributed by atoms with Crippen LogP contribution in [-0.4, -0.2) is 60.3 Å². The monoisotopic (exact) mass is 690 g/mol. The molecular formula is C35H42N6O7S. The first-order chi connectivity index (χ1) is 23.3. The fraction of sp³-hybridized carbons (Fsp3) is 0.371. The Morgan fingerprint density at radius 1 is 0.939 bits per heavy atom. The lowest BCUT2D eigenvalue weighted by molar-refractivity contribution is -0.130. The lowest BCUT2D eigenvalue weighted by Crippen LogP contribution is -2.48. The summed E-state index contributed by atoms with van der Waals surface area (Å²) in [5.74, 6) is -0.792. The Kier molecular flexibility index (Phi) is 10.9. The number of sulfonamides is 1. The number of fused-ring (bicyclic) bond motifs is 1. The summed E-state index contributed by atoms with van der Waals surface area (Å²) in [6.45, 7) is 5.73. The number of aromatic amines is 2. The molecule has 7 N–H and O–H groups in total. The number of nitrogens with one attached hydrogen (secondary N) is 6. The number of hydrogen-bond acceptors (Lipinski definition) is 6. The highest BCUT2D eigenvalue weighted by molar-refractivity contribution is 7.89. The number of carbonyl (C=O) groups is 3. The lowest BCUT2D eigenvalue weighted by atomic mass is 9.81. The number of aromatic nitrogens is 2. The van der Waals surface area contributed by atoms with Gasteiger partial charge in [0.15, 0.2) is 0 Å². The van der Waals surface area contributed by atoms with Gasteiger partial charge >= 0.3 is 6.09 Å². The van der Waals surface area contributed by atoms with E-state index in [-0.39, 0.29) is 40.7 Å². The van der Waals surface area contributed by atoms with Crippen molar-refractivity contribution in [1.82, 2.24) is 25.6 Å². The third kappa shape index (κ3) is 8.95. The smallest absolute Gasteiger partial charge is 0.404 e. The lowest BCUT2D eigenvalue weighted by Gasteiger charge is -2.29. The first kappa shape index (κ1) is 35.4. The first-order valence-electron chi connectivity index (χ1n) is 16.3. The fourth-order valence-corrected chi connectivity index (χ4v) is 7.60. The molecule has 1 saturated carbocycles. The summed E-state index contributed by atoms with van der Waals surface area (Å²) >= 11 is 0.